The van der Waals surface area contributed by atoms with Gasteiger partial charge in [0.25, 0.3) is 5.91 Å². The molecule has 0 aromatic carbocycles. The van der Waals surface area contributed by atoms with Crippen LogP contribution in [0.1, 0.15) is 49.7 Å². The lowest BCUT2D eigenvalue weighted by molar-refractivity contribution is -0.0586. The van der Waals surface area contributed by atoms with Gasteiger partial charge in [0.05, 0.1) is 29.7 Å². The SMILES string of the molecule is CC(C)c1nccnc1-n1cc(C(=O)N2C[C@@H](C)O[C@@H](C)C2)cn1. The van der Waals surface area contributed by atoms with Crippen molar-refractivity contribution in [3.05, 3.63) is 36.0 Å². The Kier molecular flexibility index (Phi) is 4.62. The maximum atomic E-state index is 12.7. The molecule has 3 heterocycles. The van der Waals surface area contributed by atoms with Crippen LogP contribution in [0.2, 0.25) is 0 Å². The third-order valence-corrected chi connectivity index (χ3v) is 4.01. The summed E-state index contributed by atoms with van der Waals surface area (Å²) in [6, 6.07) is 0. The minimum Gasteiger partial charge on any atom is -0.372 e. The molecule has 0 N–H and O–H groups in total. The topological polar surface area (TPSA) is 73.1 Å². The molecule has 7 heteroatoms. The minimum absolute atomic E-state index is 0.0294. The second kappa shape index (κ2) is 6.68. The van der Waals surface area contributed by atoms with Crippen LogP contribution in [-0.2, 0) is 4.74 Å². The van der Waals surface area contributed by atoms with E-state index in [9.17, 15) is 4.79 Å². The molecule has 1 saturated heterocycles. The summed E-state index contributed by atoms with van der Waals surface area (Å²) in [6.45, 7) is 9.26. The number of nitrogens with zero attached hydrogens (tertiary/aromatic N) is 5. The van der Waals surface area contributed by atoms with E-state index in [0.717, 1.165) is 5.69 Å². The lowest BCUT2D eigenvalue weighted by Crippen LogP contribution is -2.48. The van der Waals surface area contributed by atoms with Gasteiger partial charge in [0.2, 0.25) is 0 Å². The molecule has 0 aliphatic carbocycles. The van der Waals surface area contributed by atoms with Crippen molar-refractivity contribution < 1.29 is 9.53 Å². The number of hydrogen-bond donors (Lipinski definition) is 0. The fourth-order valence-corrected chi connectivity index (χ4v) is 3.00. The number of aromatic nitrogens is 4. The van der Waals surface area contributed by atoms with Crippen LogP contribution in [0.4, 0.5) is 0 Å². The summed E-state index contributed by atoms with van der Waals surface area (Å²) in [5.41, 5.74) is 1.41. The number of carbonyl (C=O) groups is 1. The van der Waals surface area contributed by atoms with Crippen molar-refractivity contribution in [2.45, 2.75) is 45.8 Å². The van der Waals surface area contributed by atoms with Crippen molar-refractivity contribution in [3.63, 3.8) is 0 Å². The summed E-state index contributed by atoms with van der Waals surface area (Å²) in [5, 5.41) is 4.32. The highest BCUT2D eigenvalue weighted by Gasteiger charge is 2.27. The van der Waals surface area contributed by atoms with Crippen molar-refractivity contribution in [1.29, 1.82) is 0 Å². The highest BCUT2D eigenvalue weighted by atomic mass is 16.5. The standard InChI is InChI=1S/C17H23N5O2/c1-11(2)15-16(19-6-5-18-15)22-10-14(7-20-22)17(23)21-8-12(3)24-13(4)9-21/h5-7,10-13H,8-9H2,1-4H3/t12-,13+. The highest BCUT2D eigenvalue weighted by molar-refractivity contribution is 5.94. The van der Waals surface area contributed by atoms with E-state index in [2.05, 4.69) is 28.9 Å². The Hall–Kier alpha value is -2.28. The molecule has 128 valence electrons. The van der Waals surface area contributed by atoms with E-state index in [-0.39, 0.29) is 24.0 Å². The Morgan fingerprint density at radius 2 is 1.88 bits per heavy atom. The molecule has 1 fully saturated rings. The largest absolute Gasteiger partial charge is 0.372 e. The van der Waals surface area contributed by atoms with Crippen LogP contribution in [0.15, 0.2) is 24.8 Å². The molecule has 1 aliphatic heterocycles. The molecule has 2 atom stereocenters. The smallest absolute Gasteiger partial charge is 0.257 e. The van der Waals surface area contributed by atoms with Gasteiger partial charge in [-0.3, -0.25) is 9.78 Å². The van der Waals surface area contributed by atoms with Crippen molar-refractivity contribution >= 4 is 5.91 Å². The number of carbonyl (C=O) groups excluding carboxylic acids is 1. The number of morpholine rings is 1. The molecule has 0 unspecified atom stereocenters. The normalized spacial score (nSPS) is 21.3. The first kappa shape index (κ1) is 16.6. The van der Waals surface area contributed by atoms with Crippen LogP contribution in [0, 0.1) is 0 Å². The van der Waals surface area contributed by atoms with Gasteiger partial charge in [-0.05, 0) is 19.8 Å². The maximum absolute atomic E-state index is 12.7. The first-order valence-electron chi connectivity index (χ1n) is 8.26. The van der Waals surface area contributed by atoms with Gasteiger partial charge in [-0.1, -0.05) is 13.8 Å². The van der Waals surface area contributed by atoms with E-state index in [1.54, 1.807) is 29.5 Å². The quantitative estimate of drug-likeness (QED) is 0.861. The lowest BCUT2D eigenvalue weighted by Gasteiger charge is -2.35. The molecule has 24 heavy (non-hydrogen) atoms. The molecule has 0 bridgehead atoms. The average molecular weight is 329 g/mol. The lowest BCUT2D eigenvalue weighted by atomic mass is 10.1. The van der Waals surface area contributed by atoms with Gasteiger partial charge in [0.15, 0.2) is 5.82 Å². The van der Waals surface area contributed by atoms with Crippen molar-refractivity contribution in [2.24, 2.45) is 0 Å². The Labute approximate surface area is 141 Å². The third-order valence-electron chi connectivity index (χ3n) is 4.01. The van der Waals surface area contributed by atoms with Crippen molar-refractivity contribution in [1.82, 2.24) is 24.6 Å². The van der Waals surface area contributed by atoms with Crippen LogP contribution in [0.3, 0.4) is 0 Å². The minimum atomic E-state index is -0.0294. The Morgan fingerprint density at radius 3 is 2.54 bits per heavy atom. The molecule has 2 aromatic rings. The van der Waals surface area contributed by atoms with E-state index < -0.39 is 0 Å². The summed E-state index contributed by atoms with van der Waals surface area (Å²) >= 11 is 0. The first-order valence-corrected chi connectivity index (χ1v) is 8.26. The zero-order valence-electron chi connectivity index (χ0n) is 14.5. The van der Waals surface area contributed by atoms with Gasteiger partial charge < -0.3 is 9.64 Å². The molecule has 1 aliphatic rings. The van der Waals surface area contributed by atoms with Crippen LogP contribution in [0.5, 0.6) is 0 Å². The molecule has 7 nitrogen and oxygen atoms in total. The summed E-state index contributed by atoms with van der Waals surface area (Å²) in [4.78, 5) is 23.3. The molecule has 0 spiro atoms. The third kappa shape index (κ3) is 3.31. The molecule has 1 amide bonds. The van der Waals surface area contributed by atoms with Crippen LogP contribution >= 0.6 is 0 Å². The predicted molar refractivity (Wildman–Crippen MR) is 89.2 cm³/mol. The maximum Gasteiger partial charge on any atom is 0.257 e. The van der Waals surface area contributed by atoms with E-state index in [0.29, 0.717) is 24.5 Å². The van der Waals surface area contributed by atoms with E-state index >= 15 is 0 Å². The monoisotopic (exact) mass is 329 g/mol. The Morgan fingerprint density at radius 1 is 1.21 bits per heavy atom. The van der Waals surface area contributed by atoms with Gasteiger partial charge in [-0.2, -0.15) is 5.10 Å². The fourth-order valence-electron chi connectivity index (χ4n) is 3.00. The summed E-state index contributed by atoms with van der Waals surface area (Å²) in [6.07, 6.45) is 6.70. The second-order valence-electron chi connectivity index (χ2n) is 6.56. The molecule has 2 aromatic heterocycles. The van der Waals surface area contributed by atoms with E-state index in [1.165, 1.54) is 0 Å². The highest BCUT2D eigenvalue weighted by Crippen LogP contribution is 2.19. The fraction of sp³-hybridized carbons (Fsp3) is 0.529. The van der Waals surface area contributed by atoms with Gasteiger partial charge >= 0.3 is 0 Å². The zero-order chi connectivity index (χ0) is 17.3. The Balaban J connectivity index is 1.85. The molecule has 3 rings (SSSR count). The van der Waals surface area contributed by atoms with Crippen molar-refractivity contribution in [3.8, 4) is 5.82 Å². The number of rotatable bonds is 3. The predicted octanol–water partition coefficient (Wildman–Crippen LogP) is 2.04. The van der Waals surface area contributed by atoms with Crippen LogP contribution in [0.25, 0.3) is 5.82 Å². The molecule has 0 saturated carbocycles. The van der Waals surface area contributed by atoms with Crippen LogP contribution < -0.4 is 0 Å². The Bertz CT molecular complexity index is 717. The van der Waals surface area contributed by atoms with E-state index in [1.807, 2.05) is 18.7 Å². The van der Waals surface area contributed by atoms with Gasteiger partial charge in [0, 0.05) is 31.7 Å². The number of hydrogen-bond acceptors (Lipinski definition) is 5. The second-order valence-corrected chi connectivity index (χ2v) is 6.56. The summed E-state index contributed by atoms with van der Waals surface area (Å²) < 4.78 is 7.31. The van der Waals surface area contributed by atoms with Crippen molar-refractivity contribution in [2.75, 3.05) is 13.1 Å². The molecule has 0 radical (unpaired) electrons. The first-order chi connectivity index (χ1) is 11.5. The number of amides is 1. The van der Waals surface area contributed by atoms with Crippen LogP contribution in [-0.4, -0.2) is 55.9 Å². The zero-order valence-corrected chi connectivity index (χ0v) is 14.5. The summed E-state index contributed by atoms with van der Waals surface area (Å²) in [7, 11) is 0. The van der Waals surface area contributed by atoms with Gasteiger partial charge in [-0.15, -0.1) is 0 Å². The van der Waals surface area contributed by atoms with E-state index in [4.69, 9.17) is 4.74 Å². The average Bonchev–Trinajstić information content (AvgIpc) is 3.03. The van der Waals surface area contributed by atoms with Gasteiger partial charge in [-0.25, -0.2) is 9.67 Å². The summed E-state index contributed by atoms with van der Waals surface area (Å²) in [5.74, 6) is 0.853. The van der Waals surface area contributed by atoms with Gasteiger partial charge in [0.1, 0.15) is 0 Å². The molecular formula is C17H23N5O2. The number of ether oxygens (including phenoxy) is 1. The molecular weight excluding hydrogens is 306 g/mol.